The standard InChI is InChI=1S/C21H17BF6N2O3S/c1-29-18-17(34-19(31)30-18)6-11-5-15(32-2)16(8-14(11)22)33-9-10-3-4-12(20(23,24)25)7-13(10)21(26,27)28/h3-8H,9,22H2,1-2H3,(H,29,30,31)/b17-6-. The van der Waals surface area contributed by atoms with Gasteiger partial charge >= 0.3 is 17.6 Å². The molecule has 0 spiro atoms. The van der Waals surface area contributed by atoms with Crippen molar-refractivity contribution < 1.29 is 40.6 Å². The van der Waals surface area contributed by atoms with Gasteiger partial charge in [-0.2, -0.15) is 31.3 Å². The number of likely N-dealkylation sites (N-methyl/N-ethyl adjacent to an activating group) is 1. The van der Waals surface area contributed by atoms with E-state index in [1.165, 1.54) is 13.2 Å². The van der Waals surface area contributed by atoms with Crippen LogP contribution in [0.2, 0.25) is 0 Å². The van der Waals surface area contributed by atoms with Crippen LogP contribution in [-0.4, -0.2) is 33.1 Å². The lowest BCUT2D eigenvalue weighted by Gasteiger charge is -2.18. The van der Waals surface area contributed by atoms with Gasteiger partial charge in [0.25, 0.3) is 0 Å². The number of halogens is 6. The van der Waals surface area contributed by atoms with Crippen LogP contribution in [0.25, 0.3) is 6.08 Å². The maximum atomic E-state index is 13.4. The van der Waals surface area contributed by atoms with Gasteiger partial charge in [0.1, 0.15) is 20.3 Å². The number of amidine groups is 1. The molecule has 1 heterocycles. The average Bonchev–Trinajstić information content (AvgIpc) is 3.11. The molecule has 1 aliphatic rings. The summed E-state index contributed by atoms with van der Waals surface area (Å²) >= 11 is 0.931. The molecule has 0 atom stereocenters. The summed E-state index contributed by atoms with van der Waals surface area (Å²) in [5, 5.41) is 2.44. The van der Waals surface area contributed by atoms with Gasteiger partial charge in [-0.05, 0) is 47.7 Å². The number of carbonyl (C=O) groups is 1. The van der Waals surface area contributed by atoms with Crippen LogP contribution in [0.15, 0.2) is 40.2 Å². The van der Waals surface area contributed by atoms with E-state index < -0.39 is 35.6 Å². The molecule has 0 aliphatic carbocycles. The predicted molar refractivity (Wildman–Crippen MR) is 119 cm³/mol. The smallest absolute Gasteiger partial charge is 0.416 e. The summed E-state index contributed by atoms with van der Waals surface area (Å²) in [4.78, 5) is 16.0. The number of aliphatic imine (C=N–C) groups is 1. The second-order valence-electron chi connectivity index (χ2n) is 7.10. The van der Waals surface area contributed by atoms with Crippen molar-refractivity contribution >= 4 is 42.2 Å². The van der Waals surface area contributed by atoms with Crippen molar-refractivity contribution in [3.05, 3.63) is 57.5 Å². The SMILES string of the molecule is Bc1cc(OCc2ccc(C(F)(F)F)cc2C(F)(F)F)c(OC)cc1/C=C1\SC(=O)N=C1NC. The van der Waals surface area contributed by atoms with E-state index in [9.17, 15) is 31.1 Å². The fourth-order valence-corrected chi connectivity index (χ4v) is 3.89. The number of thioether (sulfide) groups is 1. The first-order valence-electron chi connectivity index (χ1n) is 9.62. The lowest BCUT2D eigenvalue weighted by atomic mass is 9.89. The number of amides is 1. The van der Waals surface area contributed by atoms with Crippen LogP contribution >= 0.6 is 11.8 Å². The lowest BCUT2D eigenvalue weighted by molar-refractivity contribution is -0.143. The van der Waals surface area contributed by atoms with E-state index in [0.717, 1.165) is 17.8 Å². The average molecular weight is 502 g/mol. The van der Waals surface area contributed by atoms with Crippen LogP contribution < -0.4 is 20.3 Å². The van der Waals surface area contributed by atoms with Crippen molar-refractivity contribution in [2.24, 2.45) is 4.99 Å². The summed E-state index contributed by atoms with van der Waals surface area (Å²) < 4.78 is 89.6. The first-order chi connectivity index (χ1) is 15.8. The Morgan fingerprint density at radius 2 is 1.79 bits per heavy atom. The highest BCUT2D eigenvalue weighted by Gasteiger charge is 2.38. The monoisotopic (exact) mass is 502 g/mol. The van der Waals surface area contributed by atoms with E-state index >= 15 is 0 Å². The summed E-state index contributed by atoms with van der Waals surface area (Å²) in [5.41, 5.74) is -1.98. The number of nitrogens with one attached hydrogen (secondary N) is 1. The molecule has 3 rings (SSSR count). The normalized spacial score (nSPS) is 15.5. The van der Waals surface area contributed by atoms with E-state index in [0.29, 0.717) is 27.8 Å². The molecule has 0 saturated heterocycles. The van der Waals surface area contributed by atoms with Crippen molar-refractivity contribution in [1.82, 2.24) is 5.32 Å². The molecule has 0 unspecified atom stereocenters. The van der Waals surface area contributed by atoms with Gasteiger partial charge in [0.05, 0.1) is 23.1 Å². The van der Waals surface area contributed by atoms with Crippen molar-refractivity contribution in [2.45, 2.75) is 19.0 Å². The molecule has 1 N–H and O–H groups in total. The molecule has 0 aromatic heterocycles. The van der Waals surface area contributed by atoms with E-state index in [-0.39, 0.29) is 22.8 Å². The van der Waals surface area contributed by atoms with Crippen LogP contribution in [0, 0.1) is 0 Å². The number of rotatable bonds is 5. The van der Waals surface area contributed by atoms with Crippen molar-refractivity contribution in [1.29, 1.82) is 0 Å². The van der Waals surface area contributed by atoms with Gasteiger partial charge in [0, 0.05) is 12.6 Å². The Kier molecular flexibility index (Phi) is 7.25. The predicted octanol–water partition coefficient (Wildman–Crippen LogP) is 4.40. The molecule has 180 valence electrons. The number of alkyl halides is 6. The summed E-state index contributed by atoms with van der Waals surface area (Å²) in [6.07, 6.45) is -8.22. The number of methoxy groups -OCH3 is 1. The minimum Gasteiger partial charge on any atom is -0.493 e. The summed E-state index contributed by atoms with van der Waals surface area (Å²) in [6, 6.07) is 4.49. The molecule has 2 aromatic carbocycles. The number of hydrogen-bond acceptors (Lipinski definition) is 5. The Labute approximate surface area is 195 Å². The highest BCUT2D eigenvalue weighted by molar-refractivity contribution is 8.18. The zero-order valence-electron chi connectivity index (χ0n) is 18.0. The summed E-state index contributed by atoms with van der Waals surface area (Å²) in [6.45, 7) is -0.635. The first-order valence-corrected chi connectivity index (χ1v) is 10.4. The zero-order chi connectivity index (χ0) is 25.3. The quantitative estimate of drug-likeness (QED) is 0.486. The number of nitrogens with zero attached hydrogens (tertiary/aromatic N) is 1. The maximum absolute atomic E-state index is 13.4. The maximum Gasteiger partial charge on any atom is 0.416 e. The third-order valence-corrected chi connectivity index (χ3v) is 5.63. The van der Waals surface area contributed by atoms with Gasteiger partial charge in [-0.15, -0.1) is 0 Å². The molecular formula is C21H17BF6N2O3S. The zero-order valence-corrected chi connectivity index (χ0v) is 18.8. The van der Waals surface area contributed by atoms with Gasteiger partial charge in [0.2, 0.25) is 0 Å². The van der Waals surface area contributed by atoms with Gasteiger partial charge < -0.3 is 14.8 Å². The molecular weight excluding hydrogens is 485 g/mol. The van der Waals surface area contributed by atoms with Crippen molar-refractivity contribution in [2.75, 3.05) is 14.2 Å². The Morgan fingerprint density at radius 3 is 2.38 bits per heavy atom. The second-order valence-corrected chi connectivity index (χ2v) is 8.10. The summed E-state index contributed by atoms with van der Waals surface area (Å²) in [5.74, 6) is 0.693. The number of carbonyl (C=O) groups excluding carboxylic acids is 1. The van der Waals surface area contributed by atoms with Gasteiger partial charge in [-0.1, -0.05) is 11.5 Å². The Hall–Kier alpha value is -3.09. The molecule has 34 heavy (non-hydrogen) atoms. The Morgan fingerprint density at radius 1 is 1.09 bits per heavy atom. The summed E-state index contributed by atoms with van der Waals surface area (Å²) in [7, 11) is 4.67. The molecule has 13 heteroatoms. The van der Waals surface area contributed by atoms with E-state index in [1.807, 2.05) is 0 Å². The van der Waals surface area contributed by atoms with E-state index in [4.69, 9.17) is 9.47 Å². The largest absolute Gasteiger partial charge is 0.493 e. The number of ether oxygens (including phenoxy) is 2. The minimum absolute atomic E-state index is 0.0674. The van der Waals surface area contributed by atoms with Gasteiger partial charge in [-0.3, -0.25) is 4.79 Å². The lowest BCUT2D eigenvalue weighted by Crippen LogP contribution is -2.17. The third kappa shape index (κ3) is 5.69. The molecule has 0 bridgehead atoms. The molecule has 1 amide bonds. The second kappa shape index (κ2) is 9.65. The van der Waals surface area contributed by atoms with E-state index in [2.05, 4.69) is 10.3 Å². The van der Waals surface area contributed by atoms with E-state index in [1.54, 1.807) is 27.0 Å². The third-order valence-electron chi connectivity index (χ3n) is 4.84. The highest BCUT2D eigenvalue weighted by atomic mass is 32.2. The van der Waals surface area contributed by atoms with Crippen molar-refractivity contribution in [3.8, 4) is 11.5 Å². The van der Waals surface area contributed by atoms with Crippen LogP contribution in [0.1, 0.15) is 22.3 Å². The fraction of sp³-hybridized carbons (Fsp3) is 0.238. The number of hydrogen-bond donors (Lipinski definition) is 1. The molecule has 5 nitrogen and oxygen atoms in total. The molecule has 0 fully saturated rings. The minimum atomic E-state index is -5.00. The van der Waals surface area contributed by atoms with Crippen LogP contribution in [0.5, 0.6) is 11.5 Å². The molecule has 0 radical (unpaired) electrons. The first kappa shape index (κ1) is 25.5. The number of benzene rings is 2. The van der Waals surface area contributed by atoms with Crippen LogP contribution in [-0.2, 0) is 19.0 Å². The Bertz CT molecular complexity index is 1180. The van der Waals surface area contributed by atoms with Gasteiger partial charge in [-0.25, -0.2) is 0 Å². The highest BCUT2D eigenvalue weighted by Crippen LogP contribution is 2.38. The fourth-order valence-electron chi connectivity index (χ4n) is 3.13. The molecule has 0 saturated carbocycles. The van der Waals surface area contributed by atoms with Crippen molar-refractivity contribution in [3.63, 3.8) is 0 Å². The van der Waals surface area contributed by atoms with Crippen LogP contribution in [0.4, 0.5) is 31.1 Å². The molecule has 1 aliphatic heterocycles. The van der Waals surface area contributed by atoms with Gasteiger partial charge in [0.15, 0.2) is 11.5 Å². The Balaban J connectivity index is 1.91. The topological polar surface area (TPSA) is 59.9 Å². The molecule has 2 aromatic rings. The van der Waals surface area contributed by atoms with Crippen LogP contribution in [0.3, 0.4) is 0 Å².